The van der Waals surface area contributed by atoms with E-state index in [1.54, 1.807) is 4.90 Å². The van der Waals surface area contributed by atoms with Crippen molar-refractivity contribution < 1.29 is 4.79 Å². The Balaban J connectivity index is 1.51. The van der Waals surface area contributed by atoms with E-state index >= 15 is 0 Å². The second-order valence-electron chi connectivity index (χ2n) is 11.4. The highest BCUT2D eigenvalue weighted by Crippen LogP contribution is 2.31. The molecule has 0 bridgehead atoms. The molecule has 0 aliphatic carbocycles. The lowest BCUT2D eigenvalue weighted by Gasteiger charge is -2.28. The number of nitrogens with zero attached hydrogens (tertiary/aromatic N) is 4. The zero-order chi connectivity index (χ0) is 28.6. The second-order valence-corrected chi connectivity index (χ2v) is 11.4. The van der Waals surface area contributed by atoms with Gasteiger partial charge in [-0.1, -0.05) is 0 Å². The number of hydrogen-bond donors (Lipinski definition) is 2. The van der Waals surface area contributed by atoms with Gasteiger partial charge in [0.25, 0.3) is 11.5 Å². The van der Waals surface area contributed by atoms with Crippen molar-refractivity contribution in [1.82, 2.24) is 24.8 Å². The molecule has 5 rings (SSSR count). The van der Waals surface area contributed by atoms with Gasteiger partial charge in [-0.3, -0.25) is 9.59 Å². The number of rotatable bonds is 6. The van der Waals surface area contributed by atoms with Gasteiger partial charge in [0.1, 0.15) is 5.82 Å². The van der Waals surface area contributed by atoms with E-state index in [-0.39, 0.29) is 24.1 Å². The van der Waals surface area contributed by atoms with Gasteiger partial charge < -0.3 is 24.7 Å². The molecule has 0 radical (unpaired) electrons. The molecular weight excluding hydrogens is 500 g/mol. The SMILES string of the molecule is Cc1cc(C)c(CN(C(=O)c2cc(-c3ccc(N4CCCN(C)CC4)nc3)cc3[nH]cc(C)c23)C(C)C)c(=O)[nH]1. The van der Waals surface area contributed by atoms with Gasteiger partial charge >= 0.3 is 0 Å². The Kier molecular flexibility index (Phi) is 7.81. The molecule has 8 heteroatoms. The van der Waals surface area contributed by atoms with Crippen LogP contribution in [0.25, 0.3) is 22.0 Å². The van der Waals surface area contributed by atoms with Crippen LogP contribution in [0.2, 0.25) is 0 Å². The number of aromatic amines is 2. The molecule has 40 heavy (non-hydrogen) atoms. The summed E-state index contributed by atoms with van der Waals surface area (Å²) in [4.78, 5) is 44.6. The number of carbonyl (C=O) groups excluding carboxylic acids is 1. The Labute approximate surface area is 236 Å². The summed E-state index contributed by atoms with van der Waals surface area (Å²) in [6, 6.07) is 10.1. The van der Waals surface area contributed by atoms with E-state index in [4.69, 9.17) is 4.98 Å². The van der Waals surface area contributed by atoms with E-state index in [0.29, 0.717) is 11.1 Å². The van der Waals surface area contributed by atoms with Crippen molar-refractivity contribution in [2.24, 2.45) is 0 Å². The van der Waals surface area contributed by atoms with Crippen LogP contribution in [-0.2, 0) is 6.54 Å². The summed E-state index contributed by atoms with van der Waals surface area (Å²) in [6.07, 6.45) is 4.97. The van der Waals surface area contributed by atoms with Gasteiger partial charge in [-0.05, 0) is 102 Å². The topological polar surface area (TPSA) is 88.3 Å². The third-order valence-corrected chi connectivity index (χ3v) is 8.04. The van der Waals surface area contributed by atoms with E-state index < -0.39 is 0 Å². The Morgan fingerprint density at radius 2 is 1.82 bits per heavy atom. The van der Waals surface area contributed by atoms with Crippen LogP contribution >= 0.6 is 0 Å². The number of aryl methyl sites for hydroxylation is 3. The summed E-state index contributed by atoms with van der Waals surface area (Å²) < 4.78 is 0. The first-order valence-corrected chi connectivity index (χ1v) is 14.1. The minimum absolute atomic E-state index is 0.0952. The van der Waals surface area contributed by atoms with Gasteiger partial charge in [0.15, 0.2) is 0 Å². The Bertz CT molecular complexity index is 1580. The van der Waals surface area contributed by atoms with Crippen LogP contribution in [0.15, 0.2) is 47.5 Å². The number of nitrogens with one attached hydrogen (secondary N) is 2. The molecular formula is C32H40N6O2. The second kappa shape index (κ2) is 11.3. The first-order valence-electron chi connectivity index (χ1n) is 14.1. The maximum atomic E-state index is 14.2. The van der Waals surface area contributed by atoms with Gasteiger partial charge in [0.2, 0.25) is 0 Å². The quantitative estimate of drug-likeness (QED) is 0.358. The number of hydrogen-bond acceptors (Lipinski definition) is 5. The zero-order valence-electron chi connectivity index (χ0n) is 24.5. The van der Waals surface area contributed by atoms with E-state index in [1.807, 2.05) is 59.1 Å². The number of carbonyl (C=O) groups is 1. The number of aromatic nitrogens is 3. The van der Waals surface area contributed by atoms with Crippen LogP contribution in [0.1, 0.15) is 53.0 Å². The maximum absolute atomic E-state index is 14.2. The molecule has 2 N–H and O–H groups in total. The van der Waals surface area contributed by atoms with E-state index in [9.17, 15) is 9.59 Å². The summed E-state index contributed by atoms with van der Waals surface area (Å²) in [5.41, 5.74) is 6.61. The number of benzene rings is 1. The molecule has 0 spiro atoms. The molecule has 8 nitrogen and oxygen atoms in total. The van der Waals surface area contributed by atoms with Crippen molar-refractivity contribution >= 4 is 22.6 Å². The average Bonchev–Trinajstić information content (AvgIpc) is 3.15. The molecule has 210 valence electrons. The number of amides is 1. The zero-order valence-corrected chi connectivity index (χ0v) is 24.5. The van der Waals surface area contributed by atoms with Crippen LogP contribution in [0.3, 0.4) is 0 Å². The van der Waals surface area contributed by atoms with Crippen molar-refractivity contribution in [3.63, 3.8) is 0 Å². The molecule has 1 aliphatic rings. The minimum atomic E-state index is -0.144. The first kappa shape index (κ1) is 27.6. The normalized spacial score (nSPS) is 14.6. The van der Waals surface area contributed by atoms with Gasteiger partial charge in [-0.2, -0.15) is 0 Å². The number of likely N-dealkylation sites (N-methyl/N-ethyl adjacent to an activating group) is 1. The monoisotopic (exact) mass is 540 g/mol. The van der Waals surface area contributed by atoms with Gasteiger partial charge in [0.05, 0.1) is 6.54 Å². The van der Waals surface area contributed by atoms with Crippen LogP contribution in [0.4, 0.5) is 5.82 Å². The average molecular weight is 541 g/mol. The fourth-order valence-electron chi connectivity index (χ4n) is 5.69. The Morgan fingerprint density at radius 3 is 2.52 bits per heavy atom. The summed E-state index contributed by atoms with van der Waals surface area (Å²) in [6.45, 7) is 14.1. The summed E-state index contributed by atoms with van der Waals surface area (Å²) in [7, 11) is 2.16. The maximum Gasteiger partial charge on any atom is 0.255 e. The molecule has 1 fully saturated rings. The van der Waals surface area contributed by atoms with Crippen LogP contribution in [-0.4, -0.2) is 69.9 Å². The highest BCUT2D eigenvalue weighted by atomic mass is 16.2. The molecule has 1 aliphatic heterocycles. The predicted molar refractivity (Wildman–Crippen MR) is 162 cm³/mol. The molecule has 3 aromatic heterocycles. The molecule has 0 atom stereocenters. The lowest BCUT2D eigenvalue weighted by molar-refractivity contribution is 0.0691. The van der Waals surface area contributed by atoms with Crippen molar-refractivity contribution in [3.05, 3.63) is 81.0 Å². The summed E-state index contributed by atoms with van der Waals surface area (Å²) in [5, 5.41) is 0.909. The van der Waals surface area contributed by atoms with Crippen LogP contribution in [0.5, 0.6) is 0 Å². The minimum Gasteiger partial charge on any atom is -0.361 e. The van der Waals surface area contributed by atoms with E-state index in [2.05, 4.69) is 45.0 Å². The number of fused-ring (bicyclic) bond motifs is 1. The molecule has 0 unspecified atom stereocenters. The fourth-order valence-corrected chi connectivity index (χ4v) is 5.69. The molecule has 1 saturated heterocycles. The van der Waals surface area contributed by atoms with Crippen molar-refractivity contribution in [2.45, 2.75) is 53.6 Å². The third-order valence-electron chi connectivity index (χ3n) is 8.04. The van der Waals surface area contributed by atoms with E-state index in [0.717, 1.165) is 77.3 Å². The highest BCUT2D eigenvalue weighted by molar-refractivity contribution is 6.09. The van der Waals surface area contributed by atoms with Crippen LogP contribution in [0, 0.1) is 20.8 Å². The van der Waals surface area contributed by atoms with Crippen molar-refractivity contribution in [2.75, 3.05) is 38.1 Å². The molecule has 0 saturated carbocycles. The Hall–Kier alpha value is -3.91. The molecule has 4 aromatic rings. The van der Waals surface area contributed by atoms with Crippen LogP contribution < -0.4 is 10.5 Å². The van der Waals surface area contributed by atoms with Crippen molar-refractivity contribution in [3.8, 4) is 11.1 Å². The third kappa shape index (κ3) is 5.54. The molecule has 1 amide bonds. The van der Waals surface area contributed by atoms with Crippen molar-refractivity contribution in [1.29, 1.82) is 0 Å². The highest BCUT2D eigenvalue weighted by Gasteiger charge is 2.25. The largest absolute Gasteiger partial charge is 0.361 e. The Morgan fingerprint density at radius 1 is 1.02 bits per heavy atom. The standard InChI is InChI=1S/C32H40N6O2/c1-20(2)38(19-27-21(3)14-23(5)35-31(27)39)32(40)26-15-25(16-28-30(26)22(4)17-33-28)24-8-9-29(34-18-24)37-11-7-10-36(6)12-13-37/h8-9,14-18,20,33H,7,10-13,19H2,1-6H3,(H,35,39). The van der Waals surface area contributed by atoms with Gasteiger partial charge in [-0.15, -0.1) is 0 Å². The number of anilines is 1. The summed E-state index contributed by atoms with van der Waals surface area (Å²) >= 11 is 0. The smallest absolute Gasteiger partial charge is 0.255 e. The summed E-state index contributed by atoms with van der Waals surface area (Å²) in [5.74, 6) is 0.888. The first-order chi connectivity index (χ1) is 19.1. The van der Waals surface area contributed by atoms with Gasteiger partial charge in [0, 0.05) is 71.4 Å². The number of H-pyrrole nitrogens is 2. The predicted octanol–water partition coefficient (Wildman–Crippen LogP) is 5.04. The molecule has 4 heterocycles. The lowest BCUT2D eigenvalue weighted by Crippen LogP contribution is -2.38. The lowest BCUT2D eigenvalue weighted by atomic mass is 9.98. The number of pyridine rings is 2. The van der Waals surface area contributed by atoms with Gasteiger partial charge in [-0.25, -0.2) is 4.98 Å². The fraction of sp³-hybridized carbons (Fsp3) is 0.406. The van der Waals surface area contributed by atoms with E-state index in [1.165, 1.54) is 0 Å². The molecule has 1 aromatic carbocycles.